The molecule has 1 aliphatic rings. The summed E-state index contributed by atoms with van der Waals surface area (Å²) in [5, 5.41) is 3.02. The summed E-state index contributed by atoms with van der Waals surface area (Å²) in [5.41, 5.74) is 3.80. The number of likely N-dealkylation sites (N-methyl/N-ethyl adjacent to an activating group) is 1. The van der Waals surface area contributed by atoms with Crippen LogP contribution in [0, 0.1) is 19.7 Å². The number of nitrogens with one attached hydrogen (secondary N) is 1. The Balaban J connectivity index is 1.48. The van der Waals surface area contributed by atoms with Gasteiger partial charge in [0.25, 0.3) is 0 Å². The number of benzene rings is 2. The Kier molecular flexibility index (Phi) is 7.63. The maximum Gasteiger partial charge on any atom is 0.242 e. The summed E-state index contributed by atoms with van der Waals surface area (Å²) in [5.74, 6) is -0.277. The summed E-state index contributed by atoms with van der Waals surface area (Å²) in [7, 11) is 0. The molecule has 0 radical (unpaired) electrons. The molecular formula is C24H31FN4O2. The largest absolute Gasteiger partial charge is 0.362 e. The van der Waals surface area contributed by atoms with Crippen molar-refractivity contribution in [2.45, 2.75) is 20.8 Å². The zero-order chi connectivity index (χ0) is 22.4. The van der Waals surface area contributed by atoms with Crippen molar-refractivity contribution in [1.82, 2.24) is 9.80 Å². The third-order valence-corrected chi connectivity index (χ3v) is 5.74. The van der Waals surface area contributed by atoms with Gasteiger partial charge >= 0.3 is 0 Å². The molecule has 0 atom stereocenters. The van der Waals surface area contributed by atoms with E-state index in [0.717, 1.165) is 22.5 Å². The van der Waals surface area contributed by atoms with E-state index in [1.807, 2.05) is 48.8 Å². The van der Waals surface area contributed by atoms with Gasteiger partial charge in [-0.3, -0.25) is 14.5 Å². The van der Waals surface area contributed by atoms with Gasteiger partial charge in [-0.2, -0.15) is 0 Å². The molecule has 1 N–H and O–H groups in total. The van der Waals surface area contributed by atoms with Gasteiger partial charge in [0, 0.05) is 44.1 Å². The third kappa shape index (κ3) is 6.04. The van der Waals surface area contributed by atoms with E-state index in [9.17, 15) is 14.0 Å². The molecule has 0 aromatic heterocycles. The van der Waals surface area contributed by atoms with Crippen LogP contribution in [0.2, 0.25) is 0 Å². The second kappa shape index (κ2) is 10.4. The topological polar surface area (TPSA) is 55.9 Å². The number of rotatable bonds is 7. The van der Waals surface area contributed by atoms with Crippen LogP contribution in [0.15, 0.2) is 42.5 Å². The van der Waals surface area contributed by atoms with Gasteiger partial charge in [0.2, 0.25) is 11.8 Å². The van der Waals surface area contributed by atoms with E-state index in [2.05, 4.69) is 10.2 Å². The van der Waals surface area contributed by atoms with Gasteiger partial charge in [-0.15, -0.1) is 0 Å². The lowest BCUT2D eigenvalue weighted by Crippen LogP contribution is -2.52. The van der Waals surface area contributed by atoms with E-state index in [1.165, 1.54) is 12.1 Å². The molecule has 31 heavy (non-hydrogen) atoms. The Hall–Kier alpha value is -2.93. The molecule has 1 saturated heterocycles. The normalized spacial score (nSPS) is 14.4. The highest BCUT2D eigenvalue weighted by molar-refractivity contribution is 5.93. The Morgan fingerprint density at radius 2 is 1.61 bits per heavy atom. The second-order valence-electron chi connectivity index (χ2n) is 7.96. The van der Waals surface area contributed by atoms with Crippen LogP contribution in [0.5, 0.6) is 0 Å². The van der Waals surface area contributed by atoms with Crippen molar-refractivity contribution in [3.63, 3.8) is 0 Å². The van der Waals surface area contributed by atoms with E-state index in [4.69, 9.17) is 0 Å². The van der Waals surface area contributed by atoms with Crippen molar-refractivity contribution in [3.05, 3.63) is 59.4 Å². The molecule has 2 amide bonds. The van der Waals surface area contributed by atoms with Crippen molar-refractivity contribution in [2.75, 3.05) is 56.0 Å². The highest BCUT2D eigenvalue weighted by Gasteiger charge is 2.24. The Labute approximate surface area is 183 Å². The van der Waals surface area contributed by atoms with E-state index in [1.54, 1.807) is 12.1 Å². The third-order valence-electron chi connectivity index (χ3n) is 5.74. The Morgan fingerprint density at radius 3 is 2.19 bits per heavy atom. The van der Waals surface area contributed by atoms with Crippen LogP contribution in [0.4, 0.5) is 15.8 Å². The molecule has 1 aliphatic heterocycles. The van der Waals surface area contributed by atoms with Crippen molar-refractivity contribution < 1.29 is 14.0 Å². The van der Waals surface area contributed by atoms with Gasteiger partial charge < -0.3 is 15.1 Å². The summed E-state index contributed by atoms with van der Waals surface area (Å²) in [4.78, 5) is 31.1. The molecule has 1 fully saturated rings. The Morgan fingerprint density at radius 1 is 1.00 bits per heavy atom. The minimum atomic E-state index is -0.288. The Bertz CT molecular complexity index is 888. The number of anilines is 2. The maximum absolute atomic E-state index is 13.2. The standard InChI is InChI=1S/C24H31FN4O2/c1-4-28(21-10-8-20(25)9-11-21)17-23(31)29-14-12-27(13-15-29)16-22(30)26-24-18(2)6-5-7-19(24)3/h5-11H,4,12-17H2,1-3H3,(H,26,30). The minimum absolute atomic E-state index is 0.0364. The van der Waals surface area contributed by atoms with Crippen LogP contribution in [0.1, 0.15) is 18.1 Å². The van der Waals surface area contributed by atoms with Crippen LogP contribution in [-0.2, 0) is 9.59 Å². The zero-order valence-electron chi connectivity index (χ0n) is 18.5. The van der Waals surface area contributed by atoms with Gasteiger partial charge in [-0.25, -0.2) is 4.39 Å². The van der Waals surface area contributed by atoms with E-state index < -0.39 is 0 Å². The first-order valence-electron chi connectivity index (χ1n) is 10.7. The fraction of sp³-hybridized carbons (Fsp3) is 0.417. The number of aryl methyl sites for hydroxylation is 2. The predicted molar refractivity (Wildman–Crippen MR) is 122 cm³/mol. The van der Waals surface area contributed by atoms with Crippen LogP contribution in [0.3, 0.4) is 0 Å². The molecule has 0 saturated carbocycles. The maximum atomic E-state index is 13.2. The van der Waals surface area contributed by atoms with E-state index in [0.29, 0.717) is 39.3 Å². The van der Waals surface area contributed by atoms with Gasteiger partial charge in [0.05, 0.1) is 13.1 Å². The molecule has 6 nitrogen and oxygen atoms in total. The van der Waals surface area contributed by atoms with Crippen LogP contribution in [-0.4, -0.2) is 67.4 Å². The first kappa shape index (κ1) is 22.7. The fourth-order valence-corrected chi connectivity index (χ4v) is 3.85. The highest BCUT2D eigenvalue weighted by Crippen LogP contribution is 2.19. The molecule has 166 valence electrons. The summed E-state index contributed by atoms with van der Waals surface area (Å²) in [6.07, 6.45) is 0. The van der Waals surface area contributed by atoms with Crippen LogP contribution in [0.25, 0.3) is 0 Å². The summed E-state index contributed by atoms with van der Waals surface area (Å²) in [6, 6.07) is 12.1. The molecule has 3 rings (SSSR count). The average Bonchev–Trinajstić information content (AvgIpc) is 2.76. The van der Waals surface area contributed by atoms with Gasteiger partial charge in [-0.05, 0) is 56.2 Å². The fourth-order valence-electron chi connectivity index (χ4n) is 3.85. The van der Waals surface area contributed by atoms with Crippen LogP contribution < -0.4 is 10.2 Å². The van der Waals surface area contributed by atoms with Gasteiger partial charge in [0.15, 0.2) is 0 Å². The van der Waals surface area contributed by atoms with Gasteiger partial charge in [-0.1, -0.05) is 18.2 Å². The highest BCUT2D eigenvalue weighted by atomic mass is 19.1. The molecule has 0 unspecified atom stereocenters. The van der Waals surface area contributed by atoms with Crippen molar-refractivity contribution in [1.29, 1.82) is 0 Å². The number of hydrogen-bond acceptors (Lipinski definition) is 4. The first-order valence-corrected chi connectivity index (χ1v) is 10.7. The number of amides is 2. The summed E-state index contributed by atoms with van der Waals surface area (Å²) >= 11 is 0. The average molecular weight is 427 g/mol. The lowest BCUT2D eigenvalue weighted by molar-refractivity contribution is -0.131. The van der Waals surface area contributed by atoms with Crippen molar-refractivity contribution >= 4 is 23.2 Å². The molecule has 1 heterocycles. The minimum Gasteiger partial charge on any atom is -0.362 e. The molecule has 0 bridgehead atoms. The summed E-state index contributed by atoms with van der Waals surface area (Å²) < 4.78 is 13.2. The smallest absolute Gasteiger partial charge is 0.242 e. The zero-order valence-corrected chi connectivity index (χ0v) is 18.5. The lowest BCUT2D eigenvalue weighted by Gasteiger charge is -2.35. The number of halogens is 1. The van der Waals surface area contributed by atoms with E-state index >= 15 is 0 Å². The van der Waals surface area contributed by atoms with Crippen molar-refractivity contribution in [2.24, 2.45) is 0 Å². The second-order valence-corrected chi connectivity index (χ2v) is 7.96. The van der Waals surface area contributed by atoms with Gasteiger partial charge in [0.1, 0.15) is 5.82 Å². The summed E-state index contributed by atoms with van der Waals surface area (Å²) in [6.45, 7) is 9.69. The van der Waals surface area contributed by atoms with Crippen LogP contribution >= 0.6 is 0 Å². The molecule has 2 aromatic carbocycles. The SMILES string of the molecule is CCN(CC(=O)N1CCN(CC(=O)Nc2c(C)cccc2C)CC1)c1ccc(F)cc1. The number of piperazine rings is 1. The molecular weight excluding hydrogens is 395 g/mol. The number of carbonyl (C=O) groups excluding carboxylic acids is 2. The molecule has 7 heteroatoms. The predicted octanol–water partition coefficient (Wildman–Crippen LogP) is 3.05. The molecule has 0 spiro atoms. The first-order chi connectivity index (χ1) is 14.9. The van der Waals surface area contributed by atoms with E-state index in [-0.39, 0.29) is 24.2 Å². The lowest BCUT2D eigenvalue weighted by atomic mass is 10.1. The quantitative estimate of drug-likeness (QED) is 0.740. The monoisotopic (exact) mass is 426 g/mol. The number of hydrogen-bond donors (Lipinski definition) is 1. The molecule has 2 aromatic rings. The number of carbonyl (C=O) groups is 2. The number of nitrogens with zero attached hydrogens (tertiary/aromatic N) is 3. The number of para-hydroxylation sites is 1. The molecule has 0 aliphatic carbocycles. The van der Waals surface area contributed by atoms with Crippen molar-refractivity contribution in [3.8, 4) is 0 Å².